The van der Waals surface area contributed by atoms with Gasteiger partial charge in [-0.25, -0.2) is 18.1 Å². The molecule has 0 radical (unpaired) electrons. The first-order chi connectivity index (χ1) is 18.1. The van der Waals surface area contributed by atoms with E-state index in [1.807, 2.05) is 36.9 Å². The van der Waals surface area contributed by atoms with Gasteiger partial charge in [0.05, 0.1) is 17.1 Å². The molecule has 9 nitrogen and oxygen atoms in total. The lowest BCUT2D eigenvalue weighted by atomic mass is 10.00. The quantitative estimate of drug-likeness (QED) is 0.484. The van der Waals surface area contributed by atoms with Crippen LogP contribution in [0.2, 0.25) is 0 Å². The topological polar surface area (TPSA) is 114 Å². The summed E-state index contributed by atoms with van der Waals surface area (Å²) in [6.45, 7) is 9.69. The SMILES string of the molecule is Cc1cccc(C)c1-c1cc2nc(n1)NS(=O)(=O)c1cccc(c1)C(=O)N1CC(CNC[C@@H]1CC(C)C)O2.Cl. The molecule has 1 fully saturated rings. The second kappa shape index (κ2) is 11.5. The number of rotatable bonds is 3. The zero-order chi connectivity index (χ0) is 27.0. The van der Waals surface area contributed by atoms with E-state index >= 15 is 0 Å². The summed E-state index contributed by atoms with van der Waals surface area (Å²) >= 11 is 0. The lowest BCUT2D eigenvalue weighted by molar-refractivity contribution is 0.0584. The third-order valence-electron chi connectivity index (χ3n) is 6.94. The zero-order valence-electron chi connectivity index (χ0n) is 22.5. The second-order valence-electron chi connectivity index (χ2n) is 10.5. The predicted molar refractivity (Wildman–Crippen MR) is 153 cm³/mol. The Morgan fingerprint density at radius 1 is 1.05 bits per heavy atom. The molecule has 2 aromatic carbocycles. The maximum absolute atomic E-state index is 13.8. The summed E-state index contributed by atoms with van der Waals surface area (Å²) in [7, 11) is -4.08. The number of aromatic nitrogens is 2. The zero-order valence-corrected chi connectivity index (χ0v) is 24.1. The van der Waals surface area contributed by atoms with E-state index in [1.165, 1.54) is 12.1 Å². The van der Waals surface area contributed by atoms with E-state index in [4.69, 9.17) is 4.74 Å². The minimum Gasteiger partial charge on any atom is -0.471 e. The van der Waals surface area contributed by atoms with Crippen molar-refractivity contribution in [1.29, 1.82) is 0 Å². The molecule has 208 valence electrons. The Labute approximate surface area is 235 Å². The standard InChI is InChI=1S/C28H33N5O4S.ClH/c1-17(2)11-21-14-29-15-22-16-33(21)27(34)20-9-6-10-23(12-20)38(35,36)32-28-30-24(13-25(31-28)37-22)26-18(3)7-5-8-19(26)4;/h5-10,12-13,17,21-22,29H,11,14-16H2,1-4H3,(H,30,31,32);1H/t21-,22?;/m0./s1. The smallest absolute Gasteiger partial charge is 0.264 e. The van der Waals surface area contributed by atoms with Gasteiger partial charge < -0.3 is 15.0 Å². The molecule has 3 aromatic rings. The number of halogens is 1. The summed E-state index contributed by atoms with van der Waals surface area (Å²) in [5.41, 5.74) is 3.75. The lowest BCUT2D eigenvalue weighted by Gasteiger charge is -2.32. The average Bonchev–Trinajstić information content (AvgIpc) is 3.04. The van der Waals surface area contributed by atoms with Gasteiger partial charge in [-0.05, 0) is 55.5 Å². The van der Waals surface area contributed by atoms with Gasteiger partial charge in [0.15, 0.2) is 0 Å². The number of hydrogen-bond donors (Lipinski definition) is 2. The summed E-state index contributed by atoms with van der Waals surface area (Å²) in [6, 6.07) is 13.7. The van der Waals surface area contributed by atoms with Crippen molar-refractivity contribution in [3.63, 3.8) is 0 Å². The van der Waals surface area contributed by atoms with Gasteiger partial charge in [-0.15, -0.1) is 12.4 Å². The molecule has 6 bridgehead atoms. The van der Waals surface area contributed by atoms with Gasteiger partial charge in [0.25, 0.3) is 15.9 Å². The van der Waals surface area contributed by atoms with Crippen molar-refractivity contribution in [2.24, 2.45) is 5.92 Å². The number of ether oxygens (including phenoxy) is 1. The van der Waals surface area contributed by atoms with Crippen LogP contribution in [-0.2, 0) is 10.0 Å². The molecule has 2 aliphatic heterocycles. The first-order valence-electron chi connectivity index (χ1n) is 12.9. The molecule has 3 heterocycles. The maximum Gasteiger partial charge on any atom is 0.264 e. The number of benzene rings is 2. The van der Waals surface area contributed by atoms with Crippen molar-refractivity contribution in [2.75, 3.05) is 24.4 Å². The summed E-state index contributed by atoms with van der Waals surface area (Å²) in [4.78, 5) is 24.6. The Bertz CT molecular complexity index is 1460. The van der Waals surface area contributed by atoms with Crippen LogP contribution in [0.1, 0.15) is 41.8 Å². The summed E-state index contributed by atoms with van der Waals surface area (Å²) in [6.07, 6.45) is 0.407. The van der Waals surface area contributed by atoms with Crippen LogP contribution in [0, 0.1) is 19.8 Å². The minimum absolute atomic E-state index is 0. The van der Waals surface area contributed by atoms with Gasteiger partial charge in [-0.2, -0.15) is 4.98 Å². The van der Waals surface area contributed by atoms with Gasteiger partial charge >= 0.3 is 0 Å². The van der Waals surface area contributed by atoms with E-state index in [0.29, 0.717) is 36.8 Å². The molecule has 1 unspecified atom stereocenters. The van der Waals surface area contributed by atoms with E-state index in [2.05, 4.69) is 33.9 Å². The van der Waals surface area contributed by atoms with Gasteiger partial charge in [0.2, 0.25) is 11.8 Å². The van der Waals surface area contributed by atoms with E-state index in [-0.39, 0.29) is 41.1 Å². The highest BCUT2D eigenvalue weighted by Crippen LogP contribution is 2.30. The molecule has 1 saturated heterocycles. The fourth-order valence-electron chi connectivity index (χ4n) is 5.23. The number of aryl methyl sites for hydroxylation is 2. The van der Waals surface area contributed by atoms with Crippen molar-refractivity contribution in [1.82, 2.24) is 20.2 Å². The fraction of sp³-hybridized carbons (Fsp3) is 0.393. The lowest BCUT2D eigenvalue weighted by Crippen LogP contribution is -2.46. The molecule has 5 rings (SSSR count). The number of carbonyl (C=O) groups is 1. The molecule has 0 saturated carbocycles. The Morgan fingerprint density at radius 3 is 2.49 bits per heavy atom. The van der Waals surface area contributed by atoms with Crippen LogP contribution in [0.4, 0.5) is 5.95 Å². The molecular formula is C28H34ClN5O4S. The van der Waals surface area contributed by atoms with E-state index in [9.17, 15) is 13.2 Å². The highest BCUT2D eigenvalue weighted by Gasteiger charge is 2.33. The van der Waals surface area contributed by atoms with Crippen LogP contribution in [0.25, 0.3) is 11.3 Å². The number of amides is 1. The highest BCUT2D eigenvalue weighted by molar-refractivity contribution is 7.92. The monoisotopic (exact) mass is 571 g/mol. The van der Waals surface area contributed by atoms with Crippen molar-refractivity contribution in [3.05, 3.63) is 65.2 Å². The molecule has 1 amide bonds. The second-order valence-corrected chi connectivity index (χ2v) is 12.1. The predicted octanol–water partition coefficient (Wildman–Crippen LogP) is 4.20. The molecule has 2 aliphatic rings. The molecule has 11 heteroatoms. The largest absolute Gasteiger partial charge is 0.471 e. The summed E-state index contributed by atoms with van der Waals surface area (Å²) in [5.74, 6) is 0.297. The molecule has 2 N–H and O–H groups in total. The average molecular weight is 572 g/mol. The Morgan fingerprint density at radius 2 is 1.77 bits per heavy atom. The number of sulfonamides is 1. The number of hydrogen-bond acceptors (Lipinski definition) is 7. The molecular weight excluding hydrogens is 538 g/mol. The number of carbonyl (C=O) groups excluding carboxylic acids is 1. The van der Waals surface area contributed by atoms with E-state index in [1.54, 1.807) is 18.2 Å². The van der Waals surface area contributed by atoms with Crippen molar-refractivity contribution in [3.8, 4) is 17.1 Å². The first kappa shape index (κ1) is 28.8. The summed E-state index contributed by atoms with van der Waals surface area (Å²) < 4.78 is 35.6. The van der Waals surface area contributed by atoms with Crippen LogP contribution in [0.3, 0.4) is 0 Å². The number of nitrogens with zero attached hydrogens (tertiary/aromatic N) is 3. The fourth-order valence-corrected chi connectivity index (χ4v) is 6.22. The van der Waals surface area contributed by atoms with Gasteiger partial charge in [-0.3, -0.25) is 4.79 Å². The molecule has 0 aliphatic carbocycles. The van der Waals surface area contributed by atoms with Gasteiger partial charge in [0.1, 0.15) is 6.10 Å². The Hall–Kier alpha value is -3.21. The Kier molecular flexibility index (Phi) is 8.48. The third kappa shape index (κ3) is 6.18. The number of anilines is 1. The highest BCUT2D eigenvalue weighted by atomic mass is 35.5. The maximum atomic E-state index is 13.8. The van der Waals surface area contributed by atoms with Gasteiger partial charge in [-0.1, -0.05) is 38.1 Å². The molecule has 1 aromatic heterocycles. The molecule has 0 spiro atoms. The van der Waals surface area contributed by atoms with Crippen molar-refractivity contribution in [2.45, 2.75) is 51.2 Å². The van der Waals surface area contributed by atoms with Crippen LogP contribution < -0.4 is 14.8 Å². The summed E-state index contributed by atoms with van der Waals surface area (Å²) in [5, 5.41) is 3.45. The van der Waals surface area contributed by atoms with Crippen LogP contribution in [0.15, 0.2) is 53.4 Å². The molecule has 2 atom stereocenters. The first-order valence-corrected chi connectivity index (χ1v) is 14.4. The van der Waals surface area contributed by atoms with Crippen LogP contribution >= 0.6 is 12.4 Å². The van der Waals surface area contributed by atoms with Crippen LogP contribution in [-0.4, -0.2) is 61.0 Å². The van der Waals surface area contributed by atoms with E-state index < -0.39 is 16.1 Å². The number of fused-ring (bicyclic) bond motifs is 6. The minimum atomic E-state index is -4.08. The third-order valence-corrected chi connectivity index (χ3v) is 8.27. The van der Waals surface area contributed by atoms with Crippen LogP contribution in [0.5, 0.6) is 5.88 Å². The normalized spacial score (nSPS) is 20.3. The molecule has 39 heavy (non-hydrogen) atoms. The Balaban J connectivity index is 0.00000353. The van der Waals surface area contributed by atoms with Crippen molar-refractivity contribution < 1.29 is 17.9 Å². The van der Waals surface area contributed by atoms with E-state index in [0.717, 1.165) is 23.1 Å². The van der Waals surface area contributed by atoms with Gasteiger partial charge in [0, 0.05) is 36.3 Å². The van der Waals surface area contributed by atoms with Crippen molar-refractivity contribution >= 4 is 34.3 Å². The number of nitrogens with one attached hydrogen (secondary N) is 2.